The minimum absolute atomic E-state index is 0.0552. The third kappa shape index (κ3) is 10.6. The highest BCUT2D eigenvalue weighted by Gasteiger charge is 2.42. The van der Waals surface area contributed by atoms with E-state index < -0.39 is 40.1 Å². The first-order valence-corrected chi connectivity index (χ1v) is 23.4. The van der Waals surface area contributed by atoms with Crippen LogP contribution in [0.3, 0.4) is 0 Å². The van der Waals surface area contributed by atoms with Crippen LogP contribution >= 0.6 is 23.2 Å². The number of ether oxygens (including phenoxy) is 4. The summed E-state index contributed by atoms with van der Waals surface area (Å²) < 4.78 is 54.5. The number of hydrogen-bond donors (Lipinski definition) is 2. The fourth-order valence-corrected chi connectivity index (χ4v) is 10.2. The van der Waals surface area contributed by atoms with Crippen molar-refractivity contribution in [1.82, 2.24) is 9.62 Å². The van der Waals surface area contributed by atoms with Crippen LogP contribution in [0.25, 0.3) is 11.1 Å². The van der Waals surface area contributed by atoms with Crippen LogP contribution in [0, 0.1) is 18.3 Å². The molecule has 6 aromatic rings. The van der Waals surface area contributed by atoms with Gasteiger partial charge >= 0.3 is 5.97 Å². The maximum atomic E-state index is 14.8. The van der Waals surface area contributed by atoms with E-state index in [0.29, 0.717) is 60.8 Å². The molecule has 2 aliphatic rings. The molecule has 2 aliphatic heterocycles. The average Bonchev–Trinajstić information content (AvgIpc) is 3.32. The third-order valence-corrected chi connectivity index (χ3v) is 14.3. The number of anilines is 1. The summed E-state index contributed by atoms with van der Waals surface area (Å²) in [6, 6.07) is 34.9. The Morgan fingerprint density at radius 1 is 0.851 bits per heavy atom. The number of hydrogen-bond acceptors (Lipinski definition) is 10. The van der Waals surface area contributed by atoms with E-state index in [-0.39, 0.29) is 43.4 Å². The quantitative estimate of drug-likeness (QED) is 0.107. The Labute approximate surface area is 398 Å². The lowest BCUT2D eigenvalue weighted by Crippen LogP contribution is -2.56. The SMILES string of the molecule is COC(=O)[C@H](Cc1ccc(-c2ccc(C#N)cc2)cc1)NC(=O)[C@@H]1Cc2cc3c(cc2CN1S(=O)(=O)c1ccc(NC(C)=O)cc1C)OC(c1ccc(OCc2ccc(Cl)c(Cl)c2)cc1)CO3. The number of nitrogens with zero attached hydrogens (tertiary/aromatic N) is 2. The molecule has 2 N–H and O–H groups in total. The first-order chi connectivity index (χ1) is 32.2. The monoisotopic (exact) mass is 958 g/mol. The molecule has 342 valence electrons. The molecule has 1 unspecified atom stereocenters. The predicted octanol–water partition coefficient (Wildman–Crippen LogP) is 8.91. The number of benzene rings is 6. The van der Waals surface area contributed by atoms with Gasteiger partial charge in [0.2, 0.25) is 21.8 Å². The second kappa shape index (κ2) is 19.9. The van der Waals surface area contributed by atoms with Crippen LogP contribution in [-0.2, 0) is 55.1 Å². The van der Waals surface area contributed by atoms with Crippen molar-refractivity contribution in [2.24, 2.45) is 0 Å². The van der Waals surface area contributed by atoms with Gasteiger partial charge in [-0.15, -0.1) is 0 Å². The van der Waals surface area contributed by atoms with E-state index in [0.717, 1.165) is 26.6 Å². The van der Waals surface area contributed by atoms with E-state index >= 15 is 0 Å². The Hall–Kier alpha value is -6.89. The molecular formula is C51H44Cl2N4O9S. The summed E-state index contributed by atoms with van der Waals surface area (Å²) in [6.07, 6.45) is -0.496. The lowest BCUT2D eigenvalue weighted by molar-refractivity contribution is -0.145. The van der Waals surface area contributed by atoms with Gasteiger partial charge in [0.15, 0.2) is 17.6 Å². The van der Waals surface area contributed by atoms with Gasteiger partial charge in [-0.05, 0) is 125 Å². The molecule has 13 nitrogen and oxygen atoms in total. The molecule has 0 aromatic heterocycles. The van der Waals surface area contributed by atoms with Crippen LogP contribution in [-0.4, -0.2) is 56.3 Å². The van der Waals surface area contributed by atoms with E-state index in [1.807, 2.05) is 66.7 Å². The number of esters is 1. The molecule has 67 heavy (non-hydrogen) atoms. The van der Waals surface area contributed by atoms with Crippen LogP contribution in [0.15, 0.2) is 126 Å². The van der Waals surface area contributed by atoms with E-state index in [1.54, 1.807) is 49.4 Å². The van der Waals surface area contributed by atoms with E-state index in [9.17, 15) is 28.1 Å². The number of amides is 2. The Balaban J connectivity index is 1.04. The number of halogens is 2. The predicted molar refractivity (Wildman–Crippen MR) is 252 cm³/mol. The zero-order valence-electron chi connectivity index (χ0n) is 36.5. The largest absolute Gasteiger partial charge is 0.489 e. The maximum Gasteiger partial charge on any atom is 0.328 e. The number of sulfonamides is 1. The van der Waals surface area contributed by atoms with Crippen LogP contribution in [0.5, 0.6) is 17.2 Å². The highest BCUT2D eigenvalue weighted by Crippen LogP contribution is 2.42. The highest BCUT2D eigenvalue weighted by molar-refractivity contribution is 7.89. The normalized spacial score (nSPS) is 15.9. The Morgan fingerprint density at radius 3 is 2.19 bits per heavy atom. The lowest BCUT2D eigenvalue weighted by Gasteiger charge is -2.37. The van der Waals surface area contributed by atoms with Crippen molar-refractivity contribution in [1.29, 1.82) is 5.26 Å². The minimum atomic E-state index is -4.41. The topological polar surface area (TPSA) is 173 Å². The van der Waals surface area contributed by atoms with Gasteiger partial charge in [0.25, 0.3) is 0 Å². The first kappa shape index (κ1) is 46.6. The van der Waals surface area contributed by atoms with E-state index in [2.05, 4.69) is 16.7 Å². The van der Waals surface area contributed by atoms with Crippen molar-refractivity contribution in [2.45, 2.75) is 62.9 Å². The first-order valence-electron chi connectivity index (χ1n) is 21.2. The van der Waals surface area contributed by atoms with Gasteiger partial charge in [0, 0.05) is 25.6 Å². The Morgan fingerprint density at radius 2 is 1.54 bits per heavy atom. The molecule has 0 saturated carbocycles. The van der Waals surface area contributed by atoms with Crippen molar-refractivity contribution in [3.63, 3.8) is 0 Å². The maximum absolute atomic E-state index is 14.8. The number of carbonyl (C=O) groups is 3. The average molecular weight is 960 g/mol. The van der Waals surface area contributed by atoms with Crippen molar-refractivity contribution in [3.8, 4) is 34.4 Å². The van der Waals surface area contributed by atoms with Crippen molar-refractivity contribution in [3.05, 3.63) is 170 Å². The van der Waals surface area contributed by atoms with Crippen LogP contribution < -0.4 is 24.8 Å². The second-order valence-corrected chi connectivity index (χ2v) is 18.9. The Kier molecular flexibility index (Phi) is 13.9. The summed E-state index contributed by atoms with van der Waals surface area (Å²) in [5.74, 6) is -0.255. The number of rotatable bonds is 13. The van der Waals surface area contributed by atoms with Crippen molar-refractivity contribution >= 4 is 56.7 Å². The van der Waals surface area contributed by atoms with Crippen LogP contribution in [0.1, 0.15) is 52.0 Å². The zero-order chi connectivity index (χ0) is 47.4. The molecule has 6 aromatic carbocycles. The molecule has 0 bridgehead atoms. The molecule has 0 saturated heterocycles. The van der Waals surface area contributed by atoms with Crippen molar-refractivity contribution in [2.75, 3.05) is 19.0 Å². The smallest absolute Gasteiger partial charge is 0.328 e. The third-order valence-electron chi connectivity index (χ3n) is 11.6. The number of aryl methyl sites for hydroxylation is 1. The van der Waals surface area contributed by atoms with E-state index in [4.69, 9.17) is 42.1 Å². The number of carbonyl (C=O) groups excluding carboxylic acids is 3. The van der Waals surface area contributed by atoms with Gasteiger partial charge < -0.3 is 29.6 Å². The summed E-state index contributed by atoms with van der Waals surface area (Å²) in [5.41, 5.74) is 6.76. The van der Waals surface area contributed by atoms with E-state index in [1.165, 1.54) is 26.2 Å². The fraction of sp³-hybridized carbons (Fsp3) is 0.216. The molecule has 0 fully saturated rings. The summed E-state index contributed by atoms with van der Waals surface area (Å²) in [7, 11) is -3.19. The number of fused-ring (bicyclic) bond motifs is 2. The van der Waals surface area contributed by atoms with Crippen LogP contribution in [0.2, 0.25) is 10.0 Å². The van der Waals surface area contributed by atoms with Crippen LogP contribution in [0.4, 0.5) is 5.69 Å². The molecule has 0 spiro atoms. The van der Waals surface area contributed by atoms with Gasteiger partial charge in [0.1, 0.15) is 31.0 Å². The number of nitrogens with one attached hydrogen (secondary N) is 2. The molecule has 0 aliphatic carbocycles. The number of methoxy groups -OCH3 is 1. The van der Waals surface area contributed by atoms with Gasteiger partial charge in [-0.3, -0.25) is 9.59 Å². The molecule has 16 heteroatoms. The highest BCUT2D eigenvalue weighted by atomic mass is 35.5. The molecule has 2 amide bonds. The molecular weight excluding hydrogens is 916 g/mol. The van der Waals surface area contributed by atoms with Crippen molar-refractivity contribution < 1.29 is 41.7 Å². The van der Waals surface area contributed by atoms with Gasteiger partial charge in [-0.25, -0.2) is 13.2 Å². The zero-order valence-corrected chi connectivity index (χ0v) is 38.9. The summed E-state index contributed by atoms with van der Waals surface area (Å²) in [4.78, 5) is 39.6. The second-order valence-electron chi connectivity index (χ2n) is 16.2. The summed E-state index contributed by atoms with van der Waals surface area (Å²) in [6.45, 7) is 3.22. The summed E-state index contributed by atoms with van der Waals surface area (Å²) in [5, 5.41) is 15.6. The van der Waals surface area contributed by atoms with Gasteiger partial charge in [-0.2, -0.15) is 9.57 Å². The lowest BCUT2D eigenvalue weighted by atomic mass is 9.93. The number of nitriles is 1. The molecule has 8 rings (SSSR count). The fourth-order valence-electron chi connectivity index (χ4n) is 8.10. The molecule has 3 atom stereocenters. The van der Waals surface area contributed by atoms with Gasteiger partial charge in [0.05, 0.1) is 33.7 Å². The molecule has 2 heterocycles. The minimum Gasteiger partial charge on any atom is -0.489 e. The summed E-state index contributed by atoms with van der Waals surface area (Å²) >= 11 is 12.2. The Bertz CT molecular complexity index is 3020. The standard InChI is InChI=1S/C51H44Cl2N4O9S/c1-30-20-40(55-31(2)58)15-19-49(30)67(61,62)57-27-39-25-47-46(65-29-48(66-47)37-13-16-41(17-14-37)64-28-34-8-18-42(52)43(53)21-34)24-38(39)23-45(57)50(59)56-44(51(60)63-3)22-32-4-9-35(10-5-32)36-11-6-33(26-54)7-12-36/h4-21,24-25,44-45,48H,22-23,27-29H2,1-3H3,(H,55,58)(H,56,59)/t44-,45-,48?/m0/s1. The van der Waals surface area contributed by atoms with Gasteiger partial charge in [-0.1, -0.05) is 77.8 Å². The molecule has 0 radical (unpaired) electrons.